The van der Waals surface area contributed by atoms with E-state index in [0.29, 0.717) is 0 Å². The van der Waals surface area contributed by atoms with Gasteiger partial charge in [-0.25, -0.2) is 4.98 Å². The summed E-state index contributed by atoms with van der Waals surface area (Å²) in [6, 6.07) is 48.2. The van der Waals surface area contributed by atoms with Crippen molar-refractivity contribution in [3.8, 4) is 11.4 Å². The number of nitrogens with zero attached hydrogens (tertiary/aromatic N) is 4. The molecule has 0 aliphatic heterocycles. The Morgan fingerprint density at radius 1 is 0.419 bits per heavy atom. The third kappa shape index (κ3) is 2.97. The molecule has 0 fully saturated rings. The molecule has 0 aliphatic rings. The minimum absolute atomic E-state index is 0.969. The van der Waals surface area contributed by atoms with E-state index in [-0.39, 0.29) is 0 Å². The fourth-order valence-electron chi connectivity index (χ4n) is 7.32. The lowest BCUT2D eigenvalue weighted by molar-refractivity contribution is 1.18. The predicted octanol–water partition coefficient (Wildman–Crippen LogP) is 9.83. The second-order valence-electron chi connectivity index (χ2n) is 11.3. The molecule has 0 aliphatic carbocycles. The average molecular weight is 549 g/mol. The molecule has 200 valence electrons. The molecule has 0 spiro atoms. The zero-order valence-electron chi connectivity index (χ0n) is 23.1. The Balaban J connectivity index is 1.49. The van der Waals surface area contributed by atoms with Gasteiger partial charge in [0.15, 0.2) is 0 Å². The number of hydrogen-bond acceptors (Lipinski definition) is 1. The summed E-state index contributed by atoms with van der Waals surface area (Å²) in [7, 11) is 0. The highest BCUT2D eigenvalue weighted by molar-refractivity contribution is 6.29. The minimum atomic E-state index is 0.969. The van der Waals surface area contributed by atoms with Crippen molar-refractivity contribution in [1.29, 1.82) is 0 Å². The lowest BCUT2D eigenvalue weighted by Gasteiger charge is -2.14. The van der Waals surface area contributed by atoms with Gasteiger partial charge in [-0.05, 0) is 60.0 Å². The lowest BCUT2D eigenvalue weighted by Crippen LogP contribution is -1.97. The number of imidazole rings is 1. The van der Waals surface area contributed by atoms with Crippen LogP contribution in [0, 0.1) is 0 Å². The second-order valence-corrected chi connectivity index (χ2v) is 11.3. The van der Waals surface area contributed by atoms with Gasteiger partial charge in [-0.3, -0.25) is 4.40 Å². The van der Waals surface area contributed by atoms with Crippen molar-refractivity contribution in [3.63, 3.8) is 0 Å². The number of pyridine rings is 1. The Kier molecular flexibility index (Phi) is 4.42. The summed E-state index contributed by atoms with van der Waals surface area (Å²) < 4.78 is 7.08. The van der Waals surface area contributed by atoms with Crippen LogP contribution in [-0.4, -0.2) is 18.5 Å². The van der Waals surface area contributed by atoms with Crippen molar-refractivity contribution < 1.29 is 0 Å². The van der Waals surface area contributed by atoms with Crippen LogP contribution in [0.5, 0.6) is 0 Å². The predicted molar refractivity (Wildman–Crippen MR) is 179 cm³/mol. The molecule has 4 nitrogen and oxygen atoms in total. The Morgan fingerprint density at radius 2 is 1.05 bits per heavy atom. The monoisotopic (exact) mass is 548 g/mol. The molecule has 0 saturated heterocycles. The van der Waals surface area contributed by atoms with Crippen LogP contribution < -0.4 is 0 Å². The van der Waals surface area contributed by atoms with Gasteiger partial charge < -0.3 is 9.13 Å². The van der Waals surface area contributed by atoms with Crippen LogP contribution >= 0.6 is 0 Å². The first-order valence-electron chi connectivity index (χ1n) is 14.7. The van der Waals surface area contributed by atoms with E-state index in [0.717, 1.165) is 27.9 Å². The molecule has 4 aromatic heterocycles. The zero-order valence-corrected chi connectivity index (χ0v) is 23.1. The number of rotatable bonds is 2. The maximum atomic E-state index is 4.91. The normalized spacial score (nSPS) is 12.2. The van der Waals surface area contributed by atoms with Crippen molar-refractivity contribution >= 4 is 70.9 Å². The van der Waals surface area contributed by atoms with E-state index in [1.165, 1.54) is 54.4 Å². The molecule has 0 bridgehead atoms. The van der Waals surface area contributed by atoms with Crippen LogP contribution in [-0.2, 0) is 0 Å². The molecular weight excluding hydrogens is 524 g/mol. The fourth-order valence-corrected chi connectivity index (χ4v) is 7.32. The van der Waals surface area contributed by atoms with Crippen molar-refractivity contribution in [3.05, 3.63) is 146 Å². The fraction of sp³-hybridized carbons (Fsp3) is 0. The van der Waals surface area contributed by atoms with E-state index in [9.17, 15) is 0 Å². The maximum Gasteiger partial charge on any atom is 0.145 e. The van der Waals surface area contributed by atoms with E-state index >= 15 is 0 Å². The largest absolute Gasteiger partial charge is 0.309 e. The summed E-state index contributed by atoms with van der Waals surface area (Å²) in [6.07, 6.45) is 4.01. The van der Waals surface area contributed by atoms with Crippen molar-refractivity contribution in [2.45, 2.75) is 0 Å². The van der Waals surface area contributed by atoms with Gasteiger partial charge in [0.25, 0.3) is 0 Å². The number of benzene rings is 6. The molecule has 6 aromatic carbocycles. The van der Waals surface area contributed by atoms with Gasteiger partial charge in [0.1, 0.15) is 5.65 Å². The SMILES string of the molecule is c1ccc(-n2c3ccccc3c3cc4c(cc32)c2nccn2c2ccc3c5ccccc5n(-c5ccccc5)c3c42)cc1. The molecule has 0 unspecified atom stereocenters. The molecule has 0 saturated carbocycles. The van der Waals surface area contributed by atoms with Crippen LogP contribution in [0.25, 0.3) is 82.3 Å². The first-order chi connectivity index (χ1) is 21.4. The van der Waals surface area contributed by atoms with Crippen LogP contribution in [0.3, 0.4) is 0 Å². The molecule has 0 amide bonds. The summed E-state index contributed by atoms with van der Waals surface area (Å²) in [5.41, 5.74) is 9.23. The Bertz CT molecular complexity index is 2700. The van der Waals surface area contributed by atoms with E-state index < -0.39 is 0 Å². The molecule has 4 heterocycles. The first kappa shape index (κ1) is 22.8. The molecule has 0 radical (unpaired) electrons. The molecular formula is C39H24N4. The smallest absolute Gasteiger partial charge is 0.145 e. The Labute approximate surface area is 246 Å². The zero-order chi connectivity index (χ0) is 28.1. The highest BCUT2D eigenvalue weighted by atomic mass is 15.0. The second kappa shape index (κ2) is 8.34. The van der Waals surface area contributed by atoms with Crippen LogP contribution in [0.2, 0.25) is 0 Å². The van der Waals surface area contributed by atoms with Gasteiger partial charge in [0.2, 0.25) is 0 Å². The van der Waals surface area contributed by atoms with Crippen LogP contribution in [0.1, 0.15) is 0 Å². The van der Waals surface area contributed by atoms with Gasteiger partial charge in [0.05, 0.1) is 27.6 Å². The third-order valence-electron chi connectivity index (χ3n) is 9.07. The molecule has 10 rings (SSSR count). The summed E-state index contributed by atoms with van der Waals surface area (Å²) in [4.78, 5) is 4.91. The number of hydrogen-bond donors (Lipinski definition) is 0. The van der Waals surface area contributed by atoms with Gasteiger partial charge in [-0.1, -0.05) is 78.9 Å². The molecule has 10 aromatic rings. The Morgan fingerprint density at radius 3 is 1.79 bits per heavy atom. The van der Waals surface area contributed by atoms with Crippen LogP contribution in [0.15, 0.2) is 146 Å². The molecule has 43 heavy (non-hydrogen) atoms. The third-order valence-corrected chi connectivity index (χ3v) is 9.07. The standard InChI is InChI=1S/C39H24N4/c1-3-11-25(12-4-1)42-33-17-9-8-16-28(33)30-23-31-32(24-36(30)42)39-40-21-22-41(39)35-20-19-29-27-15-7-10-18-34(27)43(38(29)37(31)35)26-13-5-2-6-14-26/h1-24H. The van der Waals surface area contributed by atoms with Gasteiger partial charge >= 0.3 is 0 Å². The molecule has 4 heteroatoms. The van der Waals surface area contributed by atoms with Crippen LogP contribution in [0.4, 0.5) is 0 Å². The van der Waals surface area contributed by atoms with Gasteiger partial charge in [-0.15, -0.1) is 0 Å². The van der Waals surface area contributed by atoms with Crippen molar-refractivity contribution in [2.24, 2.45) is 0 Å². The van der Waals surface area contributed by atoms with Crippen molar-refractivity contribution in [1.82, 2.24) is 18.5 Å². The first-order valence-corrected chi connectivity index (χ1v) is 14.7. The summed E-state index contributed by atoms with van der Waals surface area (Å²) >= 11 is 0. The van der Waals surface area contributed by atoms with E-state index in [4.69, 9.17) is 4.98 Å². The lowest BCUT2D eigenvalue weighted by atomic mass is 10.00. The number of para-hydroxylation sites is 4. The number of aromatic nitrogens is 4. The number of fused-ring (bicyclic) bond motifs is 13. The highest BCUT2D eigenvalue weighted by Crippen LogP contribution is 2.43. The summed E-state index contributed by atoms with van der Waals surface area (Å²) in [5.74, 6) is 0. The van der Waals surface area contributed by atoms with Gasteiger partial charge in [-0.2, -0.15) is 0 Å². The highest BCUT2D eigenvalue weighted by Gasteiger charge is 2.21. The molecule has 0 atom stereocenters. The van der Waals surface area contributed by atoms with E-state index in [1.807, 2.05) is 6.20 Å². The Hall–Kier alpha value is -5.87. The topological polar surface area (TPSA) is 27.2 Å². The van der Waals surface area contributed by atoms with E-state index in [2.05, 4.69) is 153 Å². The average Bonchev–Trinajstić information content (AvgIpc) is 3.78. The minimum Gasteiger partial charge on any atom is -0.309 e. The molecule has 0 N–H and O–H groups in total. The maximum absolute atomic E-state index is 4.91. The summed E-state index contributed by atoms with van der Waals surface area (Å²) in [6.45, 7) is 0. The van der Waals surface area contributed by atoms with Crippen molar-refractivity contribution in [2.75, 3.05) is 0 Å². The van der Waals surface area contributed by atoms with E-state index in [1.54, 1.807) is 0 Å². The quantitative estimate of drug-likeness (QED) is 0.198. The summed E-state index contributed by atoms with van der Waals surface area (Å²) in [5, 5.41) is 8.57. The van der Waals surface area contributed by atoms with Gasteiger partial charge in [0, 0.05) is 56.1 Å².